The lowest BCUT2D eigenvalue weighted by Crippen LogP contribution is -2.78. The quantitative estimate of drug-likeness (QED) is 0.266. The minimum absolute atomic E-state index is 0.222. The maximum Gasteiger partial charge on any atom is 0.407 e. The van der Waals surface area contributed by atoms with Gasteiger partial charge in [-0.25, -0.2) is 4.79 Å². The number of carbonyl (C=O) groups excluding carboxylic acids is 1. The maximum atomic E-state index is 11.2. The Hall–Kier alpha value is -1.46. The van der Waals surface area contributed by atoms with Crippen molar-refractivity contribution in [2.75, 3.05) is 13.1 Å². The van der Waals surface area contributed by atoms with E-state index in [1.54, 1.807) is 0 Å². The summed E-state index contributed by atoms with van der Waals surface area (Å²) >= 11 is 0. The Labute approximate surface area is 96.4 Å². The summed E-state index contributed by atoms with van der Waals surface area (Å²) < 4.78 is 5.07. The fourth-order valence-electron chi connectivity index (χ4n) is 0.987. The lowest BCUT2D eigenvalue weighted by atomic mass is 10.2. The highest BCUT2D eigenvalue weighted by molar-refractivity contribution is 5.69. The molecule has 0 aromatic heterocycles. The number of hydrogen-bond donors (Lipinski definition) is 4. The Morgan fingerprint density at radius 3 is 2.44 bits per heavy atom. The lowest BCUT2D eigenvalue weighted by Gasteiger charge is -2.19. The Morgan fingerprint density at radius 2 is 1.94 bits per heavy atom. The molecule has 0 rings (SSSR count). The van der Waals surface area contributed by atoms with Crippen LogP contribution in [-0.4, -0.2) is 30.7 Å². The number of ether oxygens (including phenoxy) is 1. The Morgan fingerprint density at radius 1 is 1.31 bits per heavy atom. The first-order valence-electron chi connectivity index (χ1n) is 5.40. The Balaban J connectivity index is 3.46. The van der Waals surface area contributed by atoms with Crippen LogP contribution in [0, 0.1) is 0 Å². The lowest BCUT2D eigenvalue weighted by molar-refractivity contribution is -0.459. The molecule has 0 saturated heterocycles. The van der Waals surface area contributed by atoms with E-state index in [1.165, 1.54) is 0 Å². The van der Waals surface area contributed by atoms with Gasteiger partial charge in [0.2, 0.25) is 0 Å². The summed E-state index contributed by atoms with van der Waals surface area (Å²) in [7, 11) is 0. The smallest absolute Gasteiger partial charge is 0.407 e. The second-order valence-corrected chi connectivity index (χ2v) is 4.52. The molecule has 1 amide bonds. The molecule has 0 aliphatic carbocycles. The number of rotatable bonds is 5. The third-order valence-electron chi connectivity index (χ3n) is 1.60. The molecule has 0 fully saturated rings. The molecular weight excluding hydrogens is 208 g/mol. The number of unbranched alkanes of at least 4 members (excludes halogenated alkanes) is 1. The highest BCUT2D eigenvalue weighted by atomic mass is 16.6. The third-order valence-corrected chi connectivity index (χ3v) is 1.60. The monoisotopic (exact) mass is 231 g/mol. The van der Waals surface area contributed by atoms with Crippen LogP contribution in [0.4, 0.5) is 4.79 Å². The molecule has 6 heteroatoms. The molecule has 6 nitrogen and oxygen atoms in total. The molecule has 0 aromatic rings. The van der Waals surface area contributed by atoms with Gasteiger partial charge in [0.25, 0.3) is 0 Å². The predicted molar refractivity (Wildman–Crippen MR) is 62.7 cm³/mol. The van der Waals surface area contributed by atoms with E-state index in [0.29, 0.717) is 13.1 Å². The van der Waals surface area contributed by atoms with Gasteiger partial charge in [0, 0.05) is 6.54 Å². The maximum absolute atomic E-state index is 11.2. The van der Waals surface area contributed by atoms with E-state index in [1.807, 2.05) is 20.8 Å². The zero-order chi connectivity index (χ0) is 12.6. The van der Waals surface area contributed by atoms with Gasteiger partial charge < -0.3 is 10.1 Å². The van der Waals surface area contributed by atoms with E-state index in [4.69, 9.17) is 16.2 Å². The molecule has 0 atom stereocenters. The van der Waals surface area contributed by atoms with E-state index in [2.05, 4.69) is 10.3 Å². The first-order valence-corrected chi connectivity index (χ1v) is 5.40. The first-order chi connectivity index (χ1) is 7.31. The van der Waals surface area contributed by atoms with Gasteiger partial charge in [0.05, 0.1) is 6.54 Å². The van der Waals surface area contributed by atoms with E-state index in [9.17, 15) is 4.79 Å². The molecule has 16 heavy (non-hydrogen) atoms. The van der Waals surface area contributed by atoms with E-state index in [0.717, 1.165) is 12.8 Å². The topological polar surface area (TPSA) is 104 Å². The number of alkyl carbamates (subject to hydrolysis) is 1. The summed E-state index contributed by atoms with van der Waals surface area (Å²) in [4.78, 5) is 14.0. The predicted octanol–water partition coefficient (Wildman–Crippen LogP) is -1.35. The molecule has 0 aliphatic rings. The highest BCUT2D eigenvalue weighted by Crippen LogP contribution is 2.06. The highest BCUT2D eigenvalue weighted by Gasteiger charge is 2.15. The van der Waals surface area contributed by atoms with Crippen molar-refractivity contribution >= 4 is 12.1 Å². The molecule has 0 aliphatic heterocycles. The summed E-state index contributed by atoms with van der Waals surface area (Å²) in [5, 5.41) is 2.67. The third kappa shape index (κ3) is 10.6. The van der Waals surface area contributed by atoms with Gasteiger partial charge in [-0.15, -0.1) is 0 Å². The fraction of sp³-hybridized carbons (Fsp3) is 0.800. The first kappa shape index (κ1) is 14.5. The van der Waals surface area contributed by atoms with Crippen LogP contribution in [-0.2, 0) is 4.74 Å². The molecule has 0 heterocycles. The second-order valence-electron chi connectivity index (χ2n) is 4.52. The van der Waals surface area contributed by atoms with Crippen LogP contribution in [0.15, 0.2) is 0 Å². The van der Waals surface area contributed by atoms with Crippen LogP contribution in [0.25, 0.3) is 0 Å². The van der Waals surface area contributed by atoms with Crippen LogP contribution >= 0.6 is 0 Å². The largest absolute Gasteiger partial charge is 0.444 e. The normalized spacial score (nSPS) is 10.7. The number of carbonyl (C=O) groups is 1. The average molecular weight is 231 g/mol. The van der Waals surface area contributed by atoms with Crippen molar-refractivity contribution in [1.82, 2.24) is 5.32 Å². The van der Waals surface area contributed by atoms with Gasteiger partial charge in [-0.1, -0.05) is 0 Å². The standard InChI is InChI=1S/C10H22N4O2/c1-10(2,3)16-9(15)14-7-5-4-6-13-8(11)12/h4-7H2,1-3H3,(H,14,15)(H4,11,12,13)/p+1. The van der Waals surface area contributed by atoms with Crippen molar-refractivity contribution in [2.45, 2.75) is 39.2 Å². The zero-order valence-corrected chi connectivity index (χ0v) is 10.3. The van der Waals surface area contributed by atoms with Crippen molar-refractivity contribution in [3.63, 3.8) is 0 Å². The number of nitrogens with two attached hydrogens (primary N) is 2. The van der Waals surface area contributed by atoms with Gasteiger partial charge in [-0.05, 0) is 33.6 Å². The van der Waals surface area contributed by atoms with Gasteiger partial charge >= 0.3 is 12.1 Å². The number of guanidine groups is 1. The number of nitrogens with one attached hydrogen (secondary N) is 2. The van der Waals surface area contributed by atoms with Gasteiger partial charge in [-0.3, -0.25) is 16.5 Å². The summed E-state index contributed by atoms with van der Waals surface area (Å²) in [5.74, 6) is 0.222. The van der Waals surface area contributed by atoms with Crippen LogP contribution in [0.1, 0.15) is 33.6 Å². The van der Waals surface area contributed by atoms with Crippen LogP contribution < -0.4 is 21.8 Å². The molecule has 6 N–H and O–H groups in total. The molecule has 0 bridgehead atoms. The molecule has 0 saturated carbocycles. The molecule has 0 spiro atoms. The fourth-order valence-corrected chi connectivity index (χ4v) is 0.987. The zero-order valence-electron chi connectivity index (χ0n) is 10.3. The van der Waals surface area contributed by atoms with Crippen LogP contribution in [0.3, 0.4) is 0 Å². The van der Waals surface area contributed by atoms with Crippen molar-refractivity contribution in [1.29, 1.82) is 0 Å². The van der Waals surface area contributed by atoms with E-state index < -0.39 is 5.60 Å². The Bertz CT molecular complexity index is 242. The molecule has 94 valence electrons. The molecular formula is C10H23N4O2+. The molecule has 0 unspecified atom stereocenters. The summed E-state index contributed by atoms with van der Waals surface area (Å²) in [6.45, 7) is 6.78. The number of hydrogen-bond acceptors (Lipinski definition) is 2. The van der Waals surface area contributed by atoms with Crippen LogP contribution in [0.2, 0.25) is 0 Å². The van der Waals surface area contributed by atoms with Crippen molar-refractivity contribution < 1.29 is 14.5 Å². The van der Waals surface area contributed by atoms with Crippen LogP contribution in [0.5, 0.6) is 0 Å². The minimum Gasteiger partial charge on any atom is -0.444 e. The summed E-state index contributed by atoms with van der Waals surface area (Å²) in [6.07, 6.45) is 1.35. The van der Waals surface area contributed by atoms with E-state index in [-0.39, 0.29) is 12.1 Å². The van der Waals surface area contributed by atoms with Crippen molar-refractivity contribution in [3.8, 4) is 0 Å². The van der Waals surface area contributed by atoms with Gasteiger partial charge in [0.15, 0.2) is 0 Å². The number of amides is 1. The summed E-state index contributed by atoms with van der Waals surface area (Å²) in [5.41, 5.74) is 9.99. The Kier molecular flexibility index (Phi) is 6.29. The summed E-state index contributed by atoms with van der Waals surface area (Å²) in [6, 6.07) is 0. The average Bonchev–Trinajstić information content (AvgIpc) is 2.07. The molecule has 0 radical (unpaired) electrons. The second kappa shape index (κ2) is 6.92. The SMILES string of the molecule is CC(C)(C)OC(=O)NCCCC[NH+]=C(N)N. The van der Waals surface area contributed by atoms with Gasteiger partial charge in [-0.2, -0.15) is 0 Å². The molecule has 0 aromatic carbocycles. The van der Waals surface area contributed by atoms with E-state index >= 15 is 0 Å². The minimum atomic E-state index is -0.450. The van der Waals surface area contributed by atoms with Gasteiger partial charge in [0.1, 0.15) is 5.60 Å². The van der Waals surface area contributed by atoms with Crippen molar-refractivity contribution in [3.05, 3.63) is 0 Å². The van der Waals surface area contributed by atoms with Crippen molar-refractivity contribution in [2.24, 2.45) is 11.5 Å².